The lowest BCUT2D eigenvalue weighted by Crippen LogP contribution is -2.08. The molecule has 1 heterocycles. The lowest BCUT2D eigenvalue weighted by molar-refractivity contribution is -0.110. The third-order valence-electron chi connectivity index (χ3n) is 3.34. The summed E-state index contributed by atoms with van der Waals surface area (Å²) < 4.78 is 0. The molecule has 1 aromatic heterocycles. The molecule has 0 fully saturated rings. The molecule has 0 saturated heterocycles. The SMILES string of the molecule is CC(=O)/C(=N\Nc1c(Cl)cccc1Cl)Sc1cccc2cccnc12. The van der Waals surface area contributed by atoms with Gasteiger partial charge in [0.1, 0.15) is 0 Å². The number of carbonyl (C=O) groups is 1. The topological polar surface area (TPSA) is 54.4 Å². The number of ketones is 1. The number of nitrogens with one attached hydrogen (secondary N) is 1. The smallest absolute Gasteiger partial charge is 0.186 e. The van der Waals surface area contributed by atoms with Gasteiger partial charge in [0.15, 0.2) is 10.8 Å². The zero-order chi connectivity index (χ0) is 17.8. The summed E-state index contributed by atoms with van der Waals surface area (Å²) in [6.45, 7) is 1.46. The van der Waals surface area contributed by atoms with Crippen LogP contribution in [0.1, 0.15) is 6.92 Å². The Labute approximate surface area is 159 Å². The van der Waals surface area contributed by atoms with Crippen LogP contribution < -0.4 is 5.43 Å². The number of pyridine rings is 1. The molecule has 0 radical (unpaired) electrons. The van der Waals surface area contributed by atoms with Gasteiger partial charge in [-0.25, -0.2) is 0 Å². The van der Waals surface area contributed by atoms with Gasteiger partial charge in [-0.15, -0.1) is 0 Å². The van der Waals surface area contributed by atoms with Crippen LogP contribution in [0.5, 0.6) is 0 Å². The van der Waals surface area contributed by atoms with E-state index in [9.17, 15) is 4.79 Å². The molecule has 25 heavy (non-hydrogen) atoms. The molecular formula is C18H13Cl2N3OS. The Balaban J connectivity index is 1.92. The van der Waals surface area contributed by atoms with Gasteiger partial charge in [0, 0.05) is 23.4 Å². The predicted octanol–water partition coefficient (Wildman–Crippen LogP) is 5.65. The molecule has 0 amide bonds. The molecule has 0 aliphatic heterocycles. The van der Waals surface area contributed by atoms with Crippen molar-refractivity contribution in [3.05, 3.63) is 64.8 Å². The number of fused-ring (bicyclic) bond motifs is 1. The van der Waals surface area contributed by atoms with Crippen LogP contribution in [-0.4, -0.2) is 15.8 Å². The van der Waals surface area contributed by atoms with E-state index < -0.39 is 0 Å². The second-order valence-electron chi connectivity index (χ2n) is 5.11. The molecule has 2 aromatic carbocycles. The minimum Gasteiger partial charge on any atom is -0.292 e. The van der Waals surface area contributed by atoms with Crippen molar-refractivity contribution in [3.63, 3.8) is 0 Å². The Kier molecular flexibility index (Phi) is 5.58. The third kappa shape index (κ3) is 4.12. The highest BCUT2D eigenvalue weighted by molar-refractivity contribution is 8.15. The molecule has 0 atom stereocenters. The molecule has 4 nitrogen and oxygen atoms in total. The van der Waals surface area contributed by atoms with E-state index in [1.165, 1.54) is 18.7 Å². The molecule has 0 aliphatic rings. The predicted molar refractivity (Wildman–Crippen MR) is 106 cm³/mol. The largest absolute Gasteiger partial charge is 0.292 e. The standard InChI is InChI=1S/C18H13Cl2N3OS/c1-11(24)18(23-22-17-13(19)7-3-8-14(17)20)25-15-9-2-5-12-6-4-10-21-16(12)15/h2-10,22H,1H3/b23-18+. The molecule has 7 heteroatoms. The number of Topliss-reactive ketones (excluding diaryl/α,β-unsaturated/α-hetero) is 1. The number of halogens is 2. The number of hydrazone groups is 1. The first-order valence-corrected chi connectivity index (χ1v) is 8.94. The number of rotatable bonds is 4. The number of hydrogen-bond donors (Lipinski definition) is 1. The van der Waals surface area contributed by atoms with Gasteiger partial charge in [0.25, 0.3) is 0 Å². The van der Waals surface area contributed by atoms with E-state index in [0.29, 0.717) is 15.7 Å². The quantitative estimate of drug-likeness (QED) is 0.271. The number of benzene rings is 2. The zero-order valence-electron chi connectivity index (χ0n) is 13.2. The fourth-order valence-corrected chi connectivity index (χ4v) is 3.49. The van der Waals surface area contributed by atoms with Crippen LogP contribution in [0.4, 0.5) is 5.69 Å². The Morgan fingerprint density at radius 3 is 2.48 bits per heavy atom. The monoisotopic (exact) mass is 389 g/mol. The Morgan fingerprint density at radius 2 is 1.76 bits per heavy atom. The van der Waals surface area contributed by atoms with Gasteiger partial charge < -0.3 is 0 Å². The number of hydrogen-bond acceptors (Lipinski definition) is 5. The van der Waals surface area contributed by atoms with Crippen molar-refractivity contribution >= 4 is 62.4 Å². The Bertz CT molecular complexity index is 950. The fourth-order valence-electron chi connectivity index (χ4n) is 2.15. The zero-order valence-corrected chi connectivity index (χ0v) is 15.5. The number of carbonyl (C=O) groups excluding carboxylic acids is 1. The van der Waals surface area contributed by atoms with Crippen molar-refractivity contribution in [1.29, 1.82) is 0 Å². The second kappa shape index (κ2) is 7.87. The van der Waals surface area contributed by atoms with Gasteiger partial charge in [0.05, 0.1) is 21.2 Å². The van der Waals surface area contributed by atoms with Crippen molar-refractivity contribution < 1.29 is 4.79 Å². The molecule has 0 bridgehead atoms. The van der Waals surface area contributed by atoms with Crippen LogP contribution in [0.2, 0.25) is 10.0 Å². The first-order valence-electron chi connectivity index (χ1n) is 7.36. The lowest BCUT2D eigenvalue weighted by atomic mass is 10.2. The summed E-state index contributed by atoms with van der Waals surface area (Å²) >= 11 is 13.5. The lowest BCUT2D eigenvalue weighted by Gasteiger charge is -2.09. The number of nitrogens with zero attached hydrogens (tertiary/aromatic N) is 2. The molecular weight excluding hydrogens is 377 g/mol. The molecule has 0 aliphatic carbocycles. The van der Waals surface area contributed by atoms with Gasteiger partial charge in [0.2, 0.25) is 0 Å². The van der Waals surface area contributed by atoms with Gasteiger partial charge in [-0.3, -0.25) is 15.2 Å². The van der Waals surface area contributed by atoms with Crippen molar-refractivity contribution in [3.8, 4) is 0 Å². The highest BCUT2D eigenvalue weighted by Gasteiger charge is 2.13. The van der Waals surface area contributed by atoms with Gasteiger partial charge in [-0.05, 0) is 24.3 Å². The van der Waals surface area contributed by atoms with Crippen LogP contribution in [-0.2, 0) is 4.79 Å². The van der Waals surface area contributed by atoms with Gasteiger partial charge in [-0.1, -0.05) is 59.2 Å². The minimum atomic E-state index is -0.173. The minimum absolute atomic E-state index is 0.173. The molecule has 3 aromatic rings. The van der Waals surface area contributed by atoms with E-state index in [1.54, 1.807) is 24.4 Å². The normalized spacial score (nSPS) is 11.6. The summed E-state index contributed by atoms with van der Waals surface area (Å²) in [6.07, 6.45) is 1.72. The van der Waals surface area contributed by atoms with Crippen LogP contribution >= 0.6 is 35.0 Å². The third-order valence-corrected chi connectivity index (χ3v) is 5.09. The van der Waals surface area contributed by atoms with Crippen molar-refractivity contribution in [1.82, 2.24) is 4.98 Å². The van der Waals surface area contributed by atoms with Crippen molar-refractivity contribution in [2.24, 2.45) is 5.10 Å². The first kappa shape index (κ1) is 17.7. The summed E-state index contributed by atoms with van der Waals surface area (Å²) in [6, 6.07) is 14.8. The first-order chi connectivity index (χ1) is 12.1. The average molecular weight is 390 g/mol. The molecule has 0 unspecified atom stereocenters. The van der Waals surface area contributed by atoms with Gasteiger partial charge in [-0.2, -0.15) is 5.10 Å². The van der Waals surface area contributed by atoms with E-state index in [-0.39, 0.29) is 10.8 Å². The molecule has 0 saturated carbocycles. The average Bonchev–Trinajstić information content (AvgIpc) is 2.60. The highest BCUT2D eigenvalue weighted by Crippen LogP contribution is 2.31. The van der Waals surface area contributed by atoms with E-state index in [4.69, 9.17) is 23.2 Å². The van der Waals surface area contributed by atoms with E-state index in [2.05, 4.69) is 15.5 Å². The van der Waals surface area contributed by atoms with Crippen LogP contribution in [0, 0.1) is 0 Å². The van der Waals surface area contributed by atoms with Crippen LogP contribution in [0.3, 0.4) is 0 Å². The molecule has 0 spiro atoms. The summed E-state index contributed by atoms with van der Waals surface area (Å²) in [5, 5.41) is 6.34. The van der Waals surface area contributed by atoms with Crippen molar-refractivity contribution in [2.75, 3.05) is 5.43 Å². The fraction of sp³-hybridized carbons (Fsp3) is 0.0556. The molecule has 1 N–H and O–H groups in total. The van der Waals surface area contributed by atoms with Crippen molar-refractivity contribution in [2.45, 2.75) is 11.8 Å². The number of para-hydroxylation sites is 2. The maximum absolute atomic E-state index is 12.0. The summed E-state index contributed by atoms with van der Waals surface area (Å²) in [4.78, 5) is 17.2. The van der Waals surface area contributed by atoms with E-state index in [1.807, 2.05) is 30.3 Å². The number of anilines is 1. The molecule has 3 rings (SSSR count). The number of thioether (sulfide) groups is 1. The Hall–Kier alpha value is -2.08. The van der Waals surface area contributed by atoms with E-state index in [0.717, 1.165) is 15.8 Å². The van der Waals surface area contributed by atoms with Gasteiger partial charge >= 0.3 is 0 Å². The second-order valence-corrected chi connectivity index (χ2v) is 6.96. The van der Waals surface area contributed by atoms with Crippen LogP contribution in [0.25, 0.3) is 10.9 Å². The maximum Gasteiger partial charge on any atom is 0.186 e. The maximum atomic E-state index is 12.0. The summed E-state index contributed by atoms with van der Waals surface area (Å²) in [5.74, 6) is -0.173. The number of aromatic nitrogens is 1. The summed E-state index contributed by atoms with van der Waals surface area (Å²) in [7, 11) is 0. The van der Waals surface area contributed by atoms with Crippen LogP contribution in [0.15, 0.2) is 64.7 Å². The highest BCUT2D eigenvalue weighted by atomic mass is 35.5. The summed E-state index contributed by atoms with van der Waals surface area (Å²) in [5.41, 5.74) is 4.07. The molecule has 126 valence electrons. The Morgan fingerprint density at radius 1 is 1.08 bits per heavy atom. The van der Waals surface area contributed by atoms with E-state index >= 15 is 0 Å².